The molecule has 2 aliphatic carbocycles. The second-order valence-electron chi connectivity index (χ2n) is 5.04. The summed E-state index contributed by atoms with van der Waals surface area (Å²) in [5.74, 6) is 0.473. The average Bonchev–Trinajstić information content (AvgIpc) is 3.09. The first-order chi connectivity index (χ1) is 7.83. The van der Waals surface area contributed by atoms with Crippen LogP contribution in [0.15, 0.2) is 0 Å². The van der Waals surface area contributed by atoms with E-state index in [1.807, 2.05) is 0 Å². The molecule has 1 unspecified atom stereocenters. The van der Waals surface area contributed by atoms with Gasteiger partial charge in [0.2, 0.25) is 0 Å². The van der Waals surface area contributed by atoms with Gasteiger partial charge in [-0.25, -0.2) is 0 Å². The molecule has 92 valence electrons. The molecular formula is C13H23NO2. The van der Waals surface area contributed by atoms with Gasteiger partial charge in [0.1, 0.15) is 5.78 Å². The van der Waals surface area contributed by atoms with Gasteiger partial charge in [-0.15, -0.1) is 0 Å². The number of Topliss-reactive ketones (excluding diaryl/α,β-unsaturated/α-hetero) is 1. The molecule has 3 nitrogen and oxygen atoms in total. The lowest BCUT2D eigenvalue weighted by molar-refractivity contribution is -0.124. The van der Waals surface area contributed by atoms with Crippen LogP contribution in [0.4, 0.5) is 0 Å². The summed E-state index contributed by atoms with van der Waals surface area (Å²) in [5.41, 5.74) is 0. The summed E-state index contributed by atoms with van der Waals surface area (Å²) < 4.78 is 5.15. The maximum atomic E-state index is 12.1. The minimum Gasteiger partial charge on any atom is -0.383 e. The third kappa shape index (κ3) is 3.05. The Morgan fingerprint density at radius 3 is 2.75 bits per heavy atom. The summed E-state index contributed by atoms with van der Waals surface area (Å²) >= 11 is 0. The lowest BCUT2D eigenvalue weighted by atomic mass is 10.1. The van der Waals surface area contributed by atoms with Crippen LogP contribution < -0.4 is 0 Å². The largest absolute Gasteiger partial charge is 0.383 e. The average molecular weight is 225 g/mol. The number of nitrogens with zero attached hydrogens (tertiary/aromatic N) is 1. The highest BCUT2D eigenvalue weighted by atomic mass is 16.5. The second kappa shape index (κ2) is 5.78. The summed E-state index contributed by atoms with van der Waals surface area (Å²) in [6, 6.07) is 0.868. The van der Waals surface area contributed by atoms with Crippen molar-refractivity contribution in [3.63, 3.8) is 0 Å². The first-order valence-electron chi connectivity index (χ1n) is 6.60. The number of hydrogen-bond donors (Lipinski definition) is 0. The molecule has 0 radical (unpaired) electrons. The number of ether oxygens (including phenoxy) is 1. The summed E-state index contributed by atoms with van der Waals surface area (Å²) in [6.07, 6.45) is 7.94. The van der Waals surface area contributed by atoms with Gasteiger partial charge < -0.3 is 4.74 Å². The van der Waals surface area contributed by atoms with Gasteiger partial charge >= 0.3 is 0 Å². The van der Waals surface area contributed by atoms with Crippen LogP contribution in [0.3, 0.4) is 0 Å². The molecule has 0 saturated heterocycles. The van der Waals surface area contributed by atoms with Crippen LogP contribution in [0.2, 0.25) is 0 Å². The van der Waals surface area contributed by atoms with Crippen LogP contribution in [0.1, 0.15) is 44.9 Å². The fourth-order valence-electron chi connectivity index (χ4n) is 2.69. The van der Waals surface area contributed by atoms with Gasteiger partial charge in [0.25, 0.3) is 0 Å². The maximum Gasteiger partial charge on any atom is 0.149 e. The van der Waals surface area contributed by atoms with E-state index >= 15 is 0 Å². The molecule has 0 aromatic rings. The Morgan fingerprint density at radius 1 is 1.25 bits per heavy atom. The molecule has 0 aliphatic heterocycles. The monoisotopic (exact) mass is 225 g/mol. The molecule has 0 aromatic heterocycles. The molecule has 1 atom stereocenters. The second-order valence-corrected chi connectivity index (χ2v) is 5.04. The van der Waals surface area contributed by atoms with Crippen LogP contribution in [0, 0.1) is 0 Å². The van der Waals surface area contributed by atoms with Crippen LogP contribution >= 0.6 is 0 Å². The van der Waals surface area contributed by atoms with Gasteiger partial charge in [0.05, 0.1) is 12.6 Å². The van der Waals surface area contributed by atoms with E-state index in [1.54, 1.807) is 7.11 Å². The maximum absolute atomic E-state index is 12.1. The van der Waals surface area contributed by atoms with Crippen molar-refractivity contribution in [1.82, 2.24) is 4.90 Å². The van der Waals surface area contributed by atoms with Gasteiger partial charge in [0.15, 0.2) is 0 Å². The first kappa shape index (κ1) is 12.1. The predicted octanol–water partition coefficient (Wildman–Crippen LogP) is 2.00. The first-order valence-corrected chi connectivity index (χ1v) is 6.60. The molecular weight excluding hydrogens is 202 g/mol. The summed E-state index contributed by atoms with van der Waals surface area (Å²) in [6.45, 7) is 1.68. The number of hydrogen-bond acceptors (Lipinski definition) is 3. The van der Waals surface area contributed by atoms with Crippen molar-refractivity contribution in [3.05, 3.63) is 0 Å². The Labute approximate surface area is 98.1 Å². The van der Waals surface area contributed by atoms with Gasteiger partial charge in [-0.3, -0.25) is 9.69 Å². The quantitative estimate of drug-likeness (QED) is 0.670. The van der Waals surface area contributed by atoms with Crippen molar-refractivity contribution < 1.29 is 9.53 Å². The van der Waals surface area contributed by atoms with Crippen molar-refractivity contribution in [2.45, 2.75) is 57.0 Å². The molecule has 0 N–H and O–H groups in total. The van der Waals surface area contributed by atoms with E-state index in [0.717, 1.165) is 32.4 Å². The van der Waals surface area contributed by atoms with E-state index in [9.17, 15) is 4.79 Å². The molecule has 0 spiro atoms. The zero-order valence-electron chi connectivity index (χ0n) is 10.3. The fourth-order valence-corrected chi connectivity index (χ4v) is 2.69. The number of ketones is 1. The molecule has 0 aromatic carbocycles. The van der Waals surface area contributed by atoms with Crippen molar-refractivity contribution >= 4 is 5.78 Å². The lowest BCUT2D eigenvalue weighted by Gasteiger charge is -2.29. The smallest absolute Gasteiger partial charge is 0.149 e. The van der Waals surface area contributed by atoms with Crippen molar-refractivity contribution in [1.29, 1.82) is 0 Å². The molecule has 0 amide bonds. The Hall–Kier alpha value is -0.410. The fraction of sp³-hybridized carbons (Fsp3) is 0.923. The van der Waals surface area contributed by atoms with Gasteiger partial charge in [0, 0.05) is 26.1 Å². The highest BCUT2D eigenvalue weighted by Gasteiger charge is 2.36. The molecule has 0 heterocycles. The summed E-state index contributed by atoms with van der Waals surface area (Å²) in [4.78, 5) is 14.5. The van der Waals surface area contributed by atoms with Crippen molar-refractivity contribution in [3.8, 4) is 0 Å². The minimum atomic E-state index is 0.199. The van der Waals surface area contributed by atoms with Gasteiger partial charge in [-0.2, -0.15) is 0 Å². The Bertz CT molecular complexity index is 238. The third-order valence-electron chi connectivity index (χ3n) is 3.74. The number of carbonyl (C=O) groups excluding carboxylic acids is 1. The lowest BCUT2D eigenvalue weighted by Crippen LogP contribution is -2.43. The SMILES string of the molecule is COCCN(C1CC1)C1CCCCCC1=O. The predicted molar refractivity (Wildman–Crippen MR) is 63.5 cm³/mol. The molecule has 16 heavy (non-hydrogen) atoms. The van der Waals surface area contributed by atoms with Crippen LogP contribution in [0.25, 0.3) is 0 Å². The molecule has 2 fully saturated rings. The summed E-state index contributed by atoms with van der Waals surface area (Å²) in [5, 5.41) is 0. The van der Waals surface area contributed by atoms with E-state index in [1.165, 1.54) is 25.7 Å². The zero-order chi connectivity index (χ0) is 11.4. The van der Waals surface area contributed by atoms with Gasteiger partial charge in [-0.1, -0.05) is 12.8 Å². The van der Waals surface area contributed by atoms with Crippen LogP contribution in [-0.4, -0.2) is 43.0 Å². The zero-order valence-corrected chi connectivity index (χ0v) is 10.3. The Balaban J connectivity index is 1.95. The minimum absolute atomic E-state index is 0.199. The van der Waals surface area contributed by atoms with Crippen molar-refractivity contribution in [2.24, 2.45) is 0 Å². The summed E-state index contributed by atoms with van der Waals surface area (Å²) in [7, 11) is 1.74. The van der Waals surface area contributed by atoms with Crippen molar-refractivity contribution in [2.75, 3.05) is 20.3 Å². The van der Waals surface area contributed by atoms with E-state index in [4.69, 9.17) is 4.74 Å². The molecule has 2 aliphatic rings. The molecule has 3 heteroatoms. The highest BCUT2D eigenvalue weighted by molar-refractivity contribution is 5.84. The van der Waals surface area contributed by atoms with E-state index in [2.05, 4.69) is 4.90 Å². The highest BCUT2D eigenvalue weighted by Crippen LogP contribution is 2.31. The molecule has 0 bridgehead atoms. The molecule has 2 saturated carbocycles. The number of carbonyl (C=O) groups is 1. The van der Waals surface area contributed by atoms with E-state index in [-0.39, 0.29) is 6.04 Å². The normalized spacial score (nSPS) is 27.1. The Morgan fingerprint density at radius 2 is 2.06 bits per heavy atom. The van der Waals surface area contributed by atoms with E-state index < -0.39 is 0 Å². The third-order valence-corrected chi connectivity index (χ3v) is 3.74. The Kier molecular flexibility index (Phi) is 4.36. The van der Waals surface area contributed by atoms with Crippen LogP contribution in [0.5, 0.6) is 0 Å². The topological polar surface area (TPSA) is 29.5 Å². The van der Waals surface area contributed by atoms with Crippen LogP contribution in [-0.2, 0) is 9.53 Å². The number of methoxy groups -OCH3 is 1. The number of rotatable bonds is 5. The molecule has 2 rings (SSSR count). The standard InChI is InChI=1S/C13H23NO2/c1-16-10-9-14(11-7-8-11)12-5-3-2-4-6-13(12)15/h11-12H,2-10H2,1H3. The van der Waals surface area contributed by atoms with E-state index in [0.29, 0.717) is 11.8 Å². The van der Waals surface area contributed by atoms with Gasteiger partial charge in [-0.05, 0) is 25.7 Å².